The first kappa shape index (κ1) is 18.2. The fourth-order valence-electron chi connectivity index (χ4n) is 3.21. The first-order chi connectivity index (χ1) is 11.5. The molecule has 0 aromatic heterocycles. The average molecular weight is 329 g/mol. The number of ether oxygens (including phenoxy) is 1. The van der Waals surface area contributed by atoms with Crippen LogP contribution in [-0.2, 0) is 14.3 Å². The molecule has 0 spiro atoms. The van der Waals surface area contributed by atoms with Crippen molar-refractivity contribution in [3.63, 3.8) is 0 Å². The van der Waals surface area contributed by atoms with Gasteiger partial charge in [-0.2, -0.15) is 0 Å². The molecular formula is C20H27NO3. The summed E-state index contributed by atoms with van der Waals surface area (Å²) in [7, 11) is 0. The van der Waals surface area contributed by atoms with E-state index in [2.05, 4.69) is 19.2 Å². The normalized spacial score (nSPS) is 17.9. The Morgan fingerprint density at radius 1 is 1.25 bits per heavy atom. The molecule has 0 aliphatic carbocycles. The van der Waals surface area contributed by atoms with Gasteiger partial charge in [0.05, 0.1) is 12.2 Å². The van der Waals surface area contributed by atoms with Crippen molar-refractivity contribution in [2.45, 2.75) is 52.9 Å². The lowest BCUT2D eigenvalue weighted by Crippen LogP contribution is -2.34. The van der Waals surface area contributed by atoms with Crippen LogP contribution in [-0.4, -0.2) is 18.5 Å². The molecule has 1 heterocycles. The number of nitrogens with one attached hydrogen (secondary N) is 1. The number of esters is 1. The second kappa shape index (κ2) is 8.13. The van der Waals surface area contributed by atoms with Gasteiger partial charge in [0.2, 0.25) is 5.91 Å². The van der Waals surface area contributed by atoms with Crippen molar-refractivity contribution < 1.29 is 14.3 Å². The molecule has 24 heavy (non-hydrogen) atoms. The van der Waals surface area contributed by atoms with E-state index in [0.29, 0.717) is 23.8 Å². The first-order valence-corrected chi connectivity index (χ1v) is 8.71. The lowest BCUT2D eigenvalue weighted by Gasteiger charge is -2.28. The highest BCUT2D eigenvalue weighted by Gasteiger charge is 2.33. The third-order valence-corrected chi connectivity index (χ3v) is 4.86. The molecule has 1 aromatic carbocycles. The van der Waals surface area contributed by atoms with Crippen LogP contribution in [0.4, 0.5) is 0 Å². The van der Waals surface area contributed by atoms with Crippen LogP contribution in [0.15, 0.2) is 35.5 Å². The van der Waals surface area contributed by atoms with Crippen molar-refractivity contribution in [1.82, 2.24) is 5.32 Å². The molecule has 130 valence electrons. The van der Waals surface area contributed by atoms with Crippen LogP contribution < -0.4 is 5.32 Å². The van der Waals surface area contributed by atoms with E-state index in [-0.39, 0.29) is 24.2 Å². The highest BCUT2D eigenvalue weighted by molar-refractivity contribution is 5.95. The highest BCUT2D eigenvalue weighted by atomic mass is 16.5. The summed E-state index contributed by atoms with van der Waals surface area (Å²) in [5, 5.41) is 2.78. The fourth-order valence-corrected chi connectivity index (χ4v) is 3.21. The lowest BCUT2D eigenvalue weighted by molar-refractivity contribution is -0.141. The zero-order valence-corrected chi connectivity index (χ0v) is 15.0. The second-order valence-electron chi connectivity index (χ2n) is 6.48. The number of carbonyl (C=O) groups is 2. The zero-order valence-electron chi connectivity index (χ0n) is 15.0. The third-order valence-electron chi connectivity index (χ3n) is 4.86. The maximum absolute atomic E-state index is 12.7. The Hall–Kier alpha value is -2.10. The van der Waals surface area contributed by atoms with E-state index in [9.17, 15) is 9.59 Å². The summed E-state index contributed by atoms with van der Waals surface area (Å²) >= 11 is 0. The molecular weight excluding hydrogens is 302 g/mol. The van der Waals surface area contributed by atoms with E-state index < -0.39 is 0 Å². The van der Waals surface area contributed by atoms with Gasteiger partial charge in [0, 0.05) is 18.0 Å². The summed E-state index contributed by atoms with van der Waals surface area (Å²) in [6, 6.07) is 7.89. The molecule has 4 heteroatoms. The molecule has 1 amide bonds. The van der Waals surface area contributed by atoms with Crippen molar-refractivity contribution in [3.05, 3.63) is 46.7 Å². The van der Waals surface area contributed by atoms with Crippen LogP contribution in [0.5, 0.6) is 0 Å². The molecule has 0 saturated heterocycles. The Kier molecular flexibility index (Phi) is 6.18. The summed E-state index contributed by atoms with van der Waals surface area (Å²) in [5.41, 5.74) is 3.28. The fraction of sp³-hybridized carbons (Fsp3) is 0.500. The Balaban J connectivity index is 2.29. The summed E-state index contributed by atoms with van der Waals surface area (Å²) in [6.45, 7) is 8.41. The molecule has 4 nitrogen and oxygen atoms in total. The summed E-state index contributed by atoms with van der Waals surface area (Å²) < 4.78 is 5.57. The van der Waals surface area contributed by atoms with E-state index >= 15 is 0 Å². The van der Waals surface area contributed by atoms with Crippen LogP contribution in [0, 0.1) is 12.8 Å². The van der Waals surface area contributed by atoms with Crippen molar-refractivity contribution in [1.29, 1.82) is 0 Å². The quantitative estimate of drug-likeness (QED) is 0.807. The standard InChI is InChI=1S/C20H27NO3/c1-5-15(6-2)12-24-20(23)19-14(4)21-18(22)11-17(19)16-10-8-7-9-13(16)3/h7-10,15,17H,5-6,11-12H2,1-4H3,(H,21,22)/t17-/m0/s1. The number of benzene rings is 1. The number of hydrogen-bond acceptors (Lipinski definition) is 3. The molecule has 0 bridgehead atoms. The lowest BCUT2D eigenvalue weighted by atomic mass is 9.82. The minimum Gasteiger partial charge on any atom is -0.462 e. The van der Waals surface area contributed by atoms with Gasteiger partial charge in [-0.15, -0.1) is 0 Å². The van der Waals surface area contributed by atoms with Gasteiger partial charge >= 0.3 is 5.97 Å². The number of carbonyl (C=O) groups excluding carboxylic acids is 2. The predicted molar refractivity (Wildman–Crippen MR) is 94.4 cm³/mol. The van der Waals surface area contributed by atoms with Gasteiger partial charge in [-0.3, -0.25) is 4.79 Å². The van der Waals surface area contributed by atoms with E-state index in [0.717, 1.165) is 24.0 Å². The number of aryl methyl sites for hydroxylation is 1. The SMILES string of the molecule is CCC(CC)COC(=O)C1=C(C)NC(=O)C[C@H]1c1ccccc1C. The average Bonchev–Trinajstić information content (AvgIpc) is 2.55. The Morgan fingerprint density at radius 3 is 2.54 bits per heavy atom. The van der Waals surface area contributed by atoms with Gasteiger partial charge in [-0.25, -0.2) is 4.79 Å². The number of hydrogen-bond donors (Lipinski definition) is 1. The Bertz CT molecular complexity index is 644. The molecule has 1 aromatic rings. The first-order valence-electron chi connectivity index (χ1n) is 8.71. The van der Waals surface area contributed by atoms with Crippen molar-refractivity contribution in [2.24, 2.45) is 5.92 Å². The van der Waals surface area contributed by atoms with Gasteiger partial charge in [0.1, 0.15) is 0 Å². The smallest absolute Gasteiger partial charge is 0.336 e. The molecule has 1 aliphatic rings. The maximum Gasteiger partial charge on any atom is 0.336 e. The minimum absolute atomic E-state index is 0.0581. The molecule has 1 atom stereocenters. The van der Waals surface area contributed by atoms with E-state index in [1.165, 1.54) is 0 Å². The number of amides is 1. The van der Waals surface area contributed by atoms with E-state index in [1.807, 2.05) is 31.2 Å². The summed E-state index contributed by atoms with van der Waals surface area (Å²) in [5.74, 6) is -0.232. The molecule has 0 radical (unpaired) electrons. The Morgan fingerprint density at radius 2 is 1.92 bits per heavy atom. The van der Waals surface area contributed by atoms with Crippen LogP contribution in [0.3, 0.4) is 0 Å². The second-order valence-corrected chi connectivity index (χ2v) is 6.48. The summed E-state index contributed by atoms with van der Waals surface area (Å²) in [4.78, 5) is 24.7. The maximum atomic E-state index is 12.7. The highest BCUT2D eigenvalue weighted by Crippen LogP contribution is 2.35. The summed E-state index contributed by atoms with van der Waals surface area (Å²) in [6.07, 6.45) is 2.25. The topological polar surface area (TPSA) is 55.4 Å². The van der Waals surface area contributed by atoms with E-state index in [1.54, 1.807) is 6.92 Å². The monoisotopic (exact) mass is 329 g/mol. The predicted octanol–water partition coefficient (Wildman–Crippen LogP) is 3.85. The van der Waals surface area contributed by atoms with Crippen LogP contribution in [0.2, 0.25) is 0 Å². The van der Waals surface area contributed by atoms with Gasteiger partial charge in [-0.1, -0.05) is 51.0 Å². The van der Waals surface area contributed by atoms with E-state index in [4.69, 9.17) is 4.74 Å². The van der Waals surface area contributed by atoms with Crippen molar-refractivity contribution in [2.75, 3.05) is 6.61 Å². The molecule has 1 aliphatic heterocycles. The molecule has 0 unspecified atom stereocenters. The molecule has 2 rings (SSSR count). The zero-order chi connectivity index (χ0) is 17.7. The number of rotatable bonds is 6. The Labute approximate surface area is 144 Å². The number of allylic oxidation sites excluding steroid dienone is 1. The largest absolute Gasteiger partial charge is 0.462 e. The molecule has 1 N–H and O–H groups in total. The van der Waals surface area contributed by atoms with Gasteiger partial charge in [-0.05, 0) is 30.9 Å². The van der Waals surface area contributed by atoms with Gasteiger partial charge in [0.25, 0.3) is 0 Å². The van der Waals surface area contributed by atoms with Crippen LogP contribution in [0.25, 0.3) is 0 Å². The molecule has 0 fully saturated rings. The minimum atomic E-state index is -0.312. The van der Waals surface area contributed by atoms with Crippen molar-refractivity contribution in [3.8, 4) is 0 Å². The van der Waals surface area contributed by atoms with Crippen LogP contribution >= 0.6 is 0 Å². The van der Waals surface area contributed by atoms with Crippen LogP contribution in [0.1, 0.15) is 57.1 Å². The van der Waals surface area contributed by atoms with Gasteiger partial charge in [0.15, 0.2) is 0 Å². The molecule has 0 saturated carbocycles. The third kappa shape index (κ3) is 4.05. The van der Waals surface area contributed by atoms with Crippen molar-refractivity contribution >= 4 is 11.9 Å². The van der Waals surface area contributed by atoms with Gasteiger partial charge < -0.3 is 10.1 Å².